The predicted molar refractivity (Wildman–Crippen MR) is 102 cm³/mol. The molecule has 4 rings (SSSR count). The monoisotopic (exact) mass is 364 g/mol. The van der Waals surface area contributed by atoms with Crippen molar-refractivity contribution in [2.45, 2.75) is 38.5 Å². The number of nitrogens with zero attached hydrogens (tertiary/aromatic N) is 4. The number of pyridine rings is 1. The third-order valence-electron chi connectivity index (χ3n) is 5.29. The number of H-pyrrole nitrogens is 2. The van der Waals surface area contributed by atoms with Crippen molar-refractivity contribution in [2.75, 3.05) is 13.1 Å². The van der Waals surface area contributed by atoms with Crippen LogP contribution >= 0.6 is 0 Å². The molecular formula is C20H24N6O. The first-order chi connectivity index (χ1) is 13.1. The maximum Gasteiger partial charge on any atom is 0.274 e. The lowest BCUT2D eigenvalue weighted by Gasteiger charge is -2.31. The van der Waals surface area contributed by atoms with Crippen LogP contribution in [0.4, 0.5) is 0 Å². The first-order valence-electron chi connectivity index (χ1n) is 9.41. The standard InChI is InChI=1S/C20H24N6O/c1-13(2)17-11-18(24-23-17)20(27)26-9-5-15(6-10-26)19-16(12-22-25-19)14-3-7-21-8-4-14/h3-4,7-8,11-13,15H,5-6,9-10H2,1-2H3,(H,22,25)(H,23,24). The summed E-state index contributed by atoms with van der Waals surface area (Å²) in [5, 5.41) is 14.6. The molecule has 1 amide bonds. The number of carbonyl (C=O) groups excluding carboxylic acids is 1. The molecule has 1 aliphatic heterocycles. The Labute approximate surface area is 158 Å². The summed E-state index contributed by atoms with van der Waals surface area (Å²) in [6.45, 7) is 5.61. The highest BCUT2D eigenvalue weighted by molar-refractivity contribution is 5.92. The zero-order valence-corrected chi connectivity index (χ0v) is 15.6. The van der Waals surface area contributed by atoms with Gasteiger partial charge in [-0.3, -0.25) is 20.0 Å². The molecule has 0 saturated carbocycles. The van der Waals surface area contributed by atoms with E-state index in [-0.39, 0.29) is 5.91 Å². The number of hydrogen-bond acceptors (Lipinski definition) is 4. The summed E-state index contributed by atoms with van der Waals surface area (Å²) in [5.74, 6) is 0.706. The first-order valence-corrected chi connectivity index (χ1v) is 9.41. The number of carbonyl (C=O) groups is 1. The van der Waals surface area contributed by atoms with Crippen LogP contribution in [0.2, 0.25) is 0 Å². The molecule has 7 heteroatoms. The number of aromatic nitrogens is 5. The Kier molecular flexibility index (Phi) is 4.75. The lowest BCUT2D eigenvalue weighted by molar-refractivity contribution is 0.0706. The van der Waals surface area contributed by atoms with E-state index in [9.17, 15) is 4.79 Å². The summed E-state index contributed by atoms with van der Waals surface area (Å²) in [6, 6.07) is 5.86. The van der Waals surface area contributed by atoms with Crippen molar-refractivity contribution in [3.05, 3.63) is 53.9 Å². The van der Waals surface area contributed by atoms with Gasteiger partial charge in [-0.05, 0) is 42.5 Å². The molecule has 0 atom stereocenters. The molecule has 1 aliphatic rings. The molecule has 1 saturated heterocycles. The zero-order chi connectivity index (χ0) is 18.8. The molecule has 0 unspecified atom stereocenters. The van der Waals surface area contributed by atoms with E-state index < -0.39 is 0 Å². The minimum Gasteiger partial charge on any atom is -0.337 e. The number of aromatic amines is 2. The Hall–Kier alpha value is -2.96. The Morgan fingerprint density at radius 2 is 1.93 bits per heavy atom. The van der Waals surface area contributed by atoms with Crippen LogP contribution in [0.15, 0.2) is 36.8 Å². The Morgan fingerprint density at radius 3 is 2.59 bits per heavy atom. The number of rotatable bonds is 4. The minimum atomic E-state index is 0.00979. The topological polar surface area (TPSA) is 90.6 Å². The number of amides is 1. The van der Waals surface area contributed by atoms with E-state index in [0.29, 0.717) is 17.5 Å². The molecule has 4 heterocycles. The van der Waals surface area contributed by atoms with Crippen LogP contribution in [0.25, 0.3) is 11.1 Å². The molecule has 2 N–H and O–H groups in total. The Morgan fingerprint density at radius 1 is 1.19 bits per heavy atom. The summed E-state index contributed by atoms with van der Waals surface area (Å²) < 4.78 is 0. The van der Waals surface area contributed by atoms with Crippen molar-refractivity contribution < 1.29 is 4.79 Å². The van der Waals surface area contributed by atoms with E-state index in [1.165, 1.54) is 0 Å². The maximum absolute atomic E-state index is 12.7. The SMILES string of the molecule is CC(C)c1cc(C(=O)N2CCC(c3[nH]ncc3-c3ccncc3)CC2)n[nH]1. The predicted octanol–water partition coefficient (Wildman–Crippen LogP) is 3.34. The molecule has 0 aliphatic carbocycles. The summed E-state index contributed by atoms with van der Waals surface area (Å²) in [6.07, 6.45) is 7.28. The van der Waals surface area contributed by atoms with Crippen LogP contribution in [0.3, 0.4) is 0 Å². The van der Waals surface area contributed by atoms with E-state index in [1.54, 1.807) is 12.4 Å². The first kappa shape index (κ1) is 17.5. The van der Waals surface area contributed by atoms with E-state index in [1.807, 2.05) is 29.3 Å². The number of hydrogen-bond donors (Lipinski definition) is 2. The second-order valence-corrected chi connectivity index (χ2v) is 7.36. The minimum absolute atomic E-state index is 0.00979. The second-order valence-electron chi connectivity index (χ2n) is 7.36. The number of nitrogens with one attached hydrogen (secondary N) is 2. The van der Waals surface area contributed by atoms with Gasteiger partial charge in [0.2, 0.25) is 0 Å². The molecule has 27 heavy (non-hydrogen) atoms. The maximum atomic E-state index is 12.7. The molecule has 140 valence electrons. The van der Waals surface area contributed by atoms with Crippen LogP contribution in [0.5, 0.6) is 0 Å². The van der Waals surface area contributed by atoms with Crippen LogP contribution in [0.1, 0.15) is 60.4 Å². The van der Waals surface area contributed by atoms with Crippen LogP contribution in [-0.2, 0) is 0 Å². The Bertz CT molecular complexity index is 905. The quantitative estimate of drug-likeness (QED) is 0.743. The zero-order valence-electron chi connectivity index (χ0n) is 15.6. The van der Waals surface area contributed by atoms with Gasteiger partial charge in [0.05, 0.1) is 6.20 Å². The van der Waals surface area contributed by atoms with Crippen LogP contribution in [0, 0.1) is 0 Å². The van der Waals surface area contributed by atoms with Gasteiger partial charge in [-0.25, -0.2) is 0 Å². The molecule has 0 radical (unpaired) electrons. The summed E-state index contributed by atoms with van der Waals surface area (Å²) in [5.41, 5.74) is 4.89. The third kappa shape index (κ3) is 3.49. The Balaban J connectivity index is 1.44. The van der Waals surface area contributed by atoms with Crippen LogP contribution in [-0.4, -0.2) is 49.3 Å². The highest BCUT2D eigenvalue weighted by atomic mass is 16.2. The number of likely N-dealkylation sites (tertiary alicyclic amines) is 1. The van der Waals surface area contributed by atoms with Crippen molar-refractivity contribution in [3.8, 4) is 11.1 Å². The molecule has 0 spiro atoms. The van der Waals surface area contributed by atoms with Crippen molar-refractivity contribution >= 4 is 5.91 Å². The second kappa shape index (κ2) is 7.34. The van der Waals surface area contributed by atoms with Crippen molar-refractivity contribution in [1.82, 2.24) is 30.3 Å². The summed E-state index contributed by atoms with van der Waals surface area (Å²) in [7, 11) is 0. The fourth-order valence-corrected chi connectivity index (χ4v) is 3.64. The fourth-order valence-electron chi connectivity index (χ4n) is 3.64. The van der Waals surface area contributed by atoms with Gasteiger partial charge in [0, 0.05) is 48.4 Å². The molecule has 3 aromatic heterocycles. The summed E-state index contributed by atoms with van der Waals surface area (Å²) in [4.78, 5) is 18.7. The highest BCUT2D eigenvalue weighted by Gasteiger charge is 2.28. The third-order valence-corrected chi connectivity index (χ3v) is 5.29. The van der Waals surface area contributed by atoms with Gasteiger partial charge < -0.3 is 4.90 Å². The molecule has 0 aromatic carbocycles. The van der Waals surface area contributed by atoms with E-state index in [2.05, 4.69) is 39.2 Å². The average Bonchev–Trinajstić information content (AvgIpc) is 3.38. The molecule has 7 nitrogen and oxygen atoms in total. The van der Waals surface area contributed by atoms with Gasteiger partial charge in [-0.2, -0.15) is 10.2 Å². The van der Waals surface area contributed by atoms with Gasteiger partial charge >= 0.3 is 0 Å². The van der Waals surface area contributed by atoms with E-state index in [4.69, 9.17) is 0 Å². The number of piperidine rings is 1. The van der Waals surface area contributed by atoms with Crippen molar-refractivity contribution in [2.24, 2.45) is 0 Å². The van der Waals surface area contributed by atoms with E-state index >= 15 is 0 Å². The molecule has 0 bridgehead atoms. The lowest BCUT2D eigenvalue weighted by Crippen LogP contribution is -2.38. The largest absolute Gasteiger partial charge is 0.337 e. The highest BCUT2D eigenvalue weighted by Crippen LogP contribution is 2.33. The van der Waals surface area contributed by atoms with Gasteiger partial charge in [-0.1, -0.05) is 13.8 Å². The van der Waals surface area contributed by atoms with Crippen molar-refractivity contribution in [1.29, 1.82) is 0 Å². The normalized spacial score (nSPS) is 15.4. The fraction of sp³-hybridized carbons (Fsp3) is 0.400. The molecule has 1 fully saturated rings. The van der Waals surface area contributed by atoms with Gasteiger partial charge in [0.25, 0.3) is 5.91 Å². The van der Waals surface area contributed by atoms with Gasteiger partial charge in [-0.15, -0.1) is 0 Å². The lowest BCUT2D eigenvalue weighted by atomic mass is 9.89. The van der Waals surface area contributed by atoms with Crippen molar-refractivity contribution in [3.63, 3.8) is 0 Å². The smallest absolute Gasteiger partial charge is 0.274 e. The van der Waals surface area contributed by atoms with Crippen LogP contribution < -0.4 is 0 Å². The molecular weight excluding hydrogens is 340 g/mol. The van der Waals surface area contributed by atoms with Gasteiger partial charge in [0.1, 0.15) is 5.69 Å². The van der Waals surface area contributed by atoms with E-state index in [0.717, 1.165) is 48.4 Å². The molecule has 3 aromatic rings. The van der Waals surface area contributed by atoms with Gasteiger partial charge in [0.15, 0.2) is 0 Å². The summed E-state index contributed by atoms with van der Waals surface area (Å²) >= 11 is 0. The average molecular weight is 364 g/mol.